The third-order valence-electron chi connectivity index (χ3n) is 4.38. The van der Waals surface area contributed by atoms with Crippen molar-refractivity contribution in [2.24, 2.45) is 16.7 Å². The van der Waals surface area contributed by atoms with Gasteiger partial charge in [0.1, 0.15) is 0 Å². The number of hydrogen-bond donors (Lipinski definition) is 1. The maximum absolute atomic E-state index is 12.0. The highest BCUT2D eigenvalue weighted by Gasteiger charge is 2.68. The molecule has 0 aromatic heterocycles. The van der Waals surface area contributed by atoms with Gasteiger partial charge < -0.3 is 5.32 Å². The van der Waals surface area contributed by atoms with Gasteiger partial charge in [-0.05, 0) is 17.3 Å². The summed E-state index contributed by atoms with van der Waals surface area (Å²) in [7, 11) is 0. The molecule has 1 fully saturated rings. The minimum atomic E-state index is 0.0684. The number of nitrogens with one attached hydrogen (secondary N) is 1. The molecule has 1 saturated carbocycles. The van der Waals surface area contributed by atoms with E-state index in [2.05, 4.69) is 39.9 Å². The minimum absolute atomic E-state index is 0.0684. The first kappa shape index (κ1) is 13.8. The molecule has 2 nitrogen and oxygen atoms in total. The second-order valence-corrected chi connectivity index (χ2v) is 6.62. The second kappa shape index (κ2) is 4.56. The summed E-state index contributed by atoms with van der Waals surface area (Å²) in [5.41, 5.74) is 0.229. The average Bonchev–Trinajstić information content (AvgIpc) is 2.54. The Bertz CT molecular complexity index is 259. The molecule has 16 heavy (non-hydrogen) atoms. The normalized spacial score (nSPS) is 23.9. The zero-order valence-electron chi connectivity index (χ0n) is 11.1. The monoisotopic (exact) mass is 245 g/mol. The molecule has 1 atom stereocenters. The van der Waals surface area contributed by atoms with Crippen molar-refractivity contribution in [2.75, 3.05) is 6.54 Å². The van der Waals surface area contributed by atoms with Crippen molar-refractivity contribution < 1.29 is 4.79 Å². The van der Waals surface area contributed by atoms with E-state index in [-0.39, 0.29) is 28.0 Å². The smallest absolute Gasteiger partial charge is 0.224 e. The maximum atomic E-state index is 12.0. The molecule has 1 unspecified atom stereocenters. The van der Waals surface area contributed by atoms with E-state index >= 15 is 0 Å². The Kier molecular flexibility index (Phi) is 3.94. The Morgan fingerprint density at radius 3 is 2.19 bits per heavy atom. The lowest BCUT2D eigenvalue weighted by Gasteiger charge is -2.10. The molecule has 1 aliphatic carbocycles. The molecule has 1 rings (SSSR count). The first-order chi connectivity index (χ1) is 7.25. The minimum Gasteiger partial charge on any atom is -0.354 e. The van der Waals surface area contributed by atoms with Gasteiger partial charge in [-0.2, -0.15) is 0 Å². The van der Waals surface area contributed by atoms with Crippen LogP contribution < -0.4 is 5.32 Å². The number of carbonyl (C=O) groups is 1. The lowest BCUT2D eigenvalue weighted by Crippen LogP contribution is -2.32. The predicted octanol–water partition coefficient (Wildman–Crippen LogP) is 3.19. The SMILES string of the molecule is CCCC(Cl)CNC(=O)C1C(C)(C)C1(C)C. The topological polar surface area (TPSA) is 29.1 Å². The van der Waals surface area contributed by atoms with Gasteiger partial charge in [0.2, 0.25) is 5.91 Å². The molecule has 0 aromatic rings. The summed E-state index contributed by atoms with van der Waals surface area (Å²) < 4.78 is 0. The van der Waals surface area contributed by atoms with Crippen LogP contribution in [0.5, 0.6) is 0 Å². The van der Waals surface area contributed by atoms with E-state index in [0.29, 0.717) is 6.54 Å². The summed E-state index contributed by atoms with van der Waals surface area (Å²) in [6.07, 6.45) is 2.02. The van der Waals surface area contributed by atoms with Crippen LogP contribution in [0, 0.1) is 16.7 Å². The molecule has 94 valence electrons. The van der Waals surface area contributed by atoms with Crippen LogP contribution in [-0.4, -0.2) is 17.8 Å². The summed E-state index contributed by atoms with van der Waals surface area (Å²) in [4.78, 5) is 12.0. The van der Waals surface area contributed by atoms with Gasteiger partial charge in [-0.15, -0.1) is 11.6 Å². The van der Waals surface area contributed by atoms with Gasteiger partial charge in [0.15, 0.2) is 0 Å². The van der Waals surface area contributed by atoms with Crippen LogP contribution >= 0.6 is 11.6 Å². The van der Waals surface area contributed by atoms with E-state index in [9.17, 15) is 4.79 Å². The van der Waals surface area contributed by atoms with Gasteiger partial charge in [0.05, 0.1) is 5.38 Å². The number of halogens is 1. The number of carbonyl (C=O) groups excluding carboxylic acids is 1. The van der Waals surface area contributed by atoms with E-state index in [1.807, 2.05) is 0 Å². The Morgan fingerprint density at radius 1 is 1.31 bits per heavy atom. The van der Waals surface area contributed by atoms with Gasteiger partial charge in [-0.25, -0.2) is 0 Å². The molecule has 0 aromatic carbocycles. The van der Waals surface area contributed by atoms with Crippen LogP contribution in [0.3, 0.4) is 0 Å². The average molecular weight is 246 g/mol. The summed E-state index contributed by atoms with van der Waals surface area (Å²) in [6.45, 7) is 11.3. The van der Waals surface area contributed by atoms with E-state index in [1.165, 1.54) is 0 Å². The molecule has 3 heteroatoms. The highest BCUT2D eigenvalue weighted by Crippen LogP contribution is 2.68. The molecule has 0 spiro atoms. The first-order valence-corrected chi connectivity index (χ1v) is 6.60. The highest BCUT2D eigenvalue weighted by molar-refractivity contribution is 6.20. The predicted molar refractivity (Wildman–Crippen MR) is 68.6 cm³/mol. The molecule has 0 heterocycles. The number of amides is 1. The Morgan fingerprint density at radius 2 is 1.81 bits per heavy atom. The third-order valence-corrected chi connectivity index (χ3v) is 4.76. The molecular formula is C13H24ClNO. The second-order valence-electron chi connectivity index (χ2n) is 6.01. The molecule has 0 aliphatic heterocycles. The molecule has 1 amide bonds. The Hall–Kier alpha value is -0.240. The lowest BCUT2D eigenvalue weighted by atomic mass is 10.0. The van der Waals surface area contributed by atoms with Crippen molar-refractivity contribution in [2.45, 2.75) is 52.8 Å². The summed E-state index contributed by atoms with van der Waals surface area (Å²) in [6, 6.07) is 0. The summed E-state index contributed by atoms with van der Waals surface area (Å²) in [5.74, 6) is 0.294. The van der Waals surface area contributed by atoms with Gasteiger partial charge in [0, 0.05) is 12.5 Å². The fourth-order valence-electron chi connectivity index (χ4n) is 2.58. The highest BCUT2D eigenvalue weighted by atomic mass is 35.5. The lowest BCUT2D eigenvalue weighted by molar-refractivity contribution is -0.123. The first-order valence-electron chi connectivity index (χ1n) is 6.17. The van der Waals surface area contributed by atoms with Crippen molar-refractivity contribution >= 4 is 17.5 Å². The van der Waals surface area contributed by atoms with E-state index < -0.39 is 0 Å². The van der Waals surface area contributed by atoms with Gasteiger partial charge >= 0.3 is 0 Å². The van der Waals surface area contributed by atoms with Crippen molar-refractivity contribution in [1.29, 1.82) is 0 Å². The molecule has 0 saturated heterocycles. The maximum Gasteiger partial charge on any atom is 0.224 e. The quantitative estimate of drug-likeness (QED) is 0.741. The van der Waals surface area contributed by atoms with Crippen LogP contribution in [0.1, 0.15) is 47.5 Å². The Labute approximate surface area is 104 Å². The van der Waals surface area contributed by atoms with Crippen molar-refractivity contribution in [1.82, 2.24) is 5.32 Å². The van der Waals surface area contributed by atoms with Crippen LogP contribution in [0.15, 0.2) is 0 Å². The van der Waals surface area contributed by atoms with Crippen molar-refractivity contribution in [3.63, 3.8) is 0 Å². The van der Waals surface area contributed by atoms with Crippen LogP contribution in [0.25, 0.3) is 0 Å². The van der Waals surface area contributed by atoms with E-state index in [4.69, 9.17) is 11.6 Å². The third kappa shape index (κ3) is 2.37. The van der Waals surface area contributed by atoms with Crippen LogP contribution in [0.4, 0.5) is 0 Å². The largest absolute Gasteiger partial charge is 0.354 e. The molecule has 1 aliphatic rings. The zero-order valence-corrected chi connectivity index (χ0v) is 11.8. The van der Waals surface area contributed by atoms with Crippen LogP contribution in [0.2, 0.25) is 0 Å². The molecule has 0 radical (unpaired) electrons. The van der Waals surface area contributed by atoms with E-state index in [0.717, 1.165) is 12.8 Å². The number of rotatable bonds is 5. The summed E-state index contributed by atoms with van der Waals surface area (Å²) >= 11 is 6.08. The fraction of sp³-hybridized carbons (Fsp3) is 0.923. The van der Waals surface area contributed by atoms with Crippen LogP contribution in [-0.2, 0) is 4.79 Å². The Balaban J connectivity index is 2.39. The van der Waals surface area contributed by atoms with Gasteiger partial charge in [-0.1, -0.05) is 41.0 Å². The molecule has 0 bridgehead atoms. The van der Waals surface area contributed by atoms with Crippen molar-refractivity contribution in [3.05, 3.63) is 0 Å². The van der Waals surface area contributed by atoms with Gasteiger partial charge in [0.25, 0.3) is 0 Å². The fourth-order valence-corrected chi connectivity index (χ4v) is 2.88. The number of hydrogen-bond acceptors (Lipinski definition) is 1. The van der Waals surface area contributed by atoms with Gasteiger partial charge in [-0.3, -0.25) is 4.79 Å². The molecular weight excluding hydrogens is 222 g/mol. The van der Waals surface area contributed by atoms with Crippen molar-refractivity contribution in [3.8, 4) is 0 Å². The zero-order chi connectivity index (χ0) is 12.6. The van der Waals surface area contributed by atoms with E-state index in [1.54, 1.807) is 0 Å². The molecule has 1 N–H and O–H groups in total. The number of alkyl halides is 1. The standard InChI is InChI=1S/C13H24ClNO/c1-6-7-9(14)8-15-11(16)10-12(2,3)13(10,4)5/h9-10H,6-8H2,1-5H3,(H,15,16). The summed E-state index contributed by atoms with van der Waals surface area (Å²) in [5, 5.41) is 3.04.